The van der Waals surface area contributed by atoms with Gasteiger partial charge in [0.15, 0.2) is 0 Å². The Morgan fingerprint density at radius 2 is 1.21 bits per heavy atom. The number of nitrogens with zero attached hydrogens (tertiary/aromatic N) is 3. The molecule has 4 aromatic rings. The van der Waals surface area contributed by atoms with Crippen LogP contribution in [0.25, 0.3) is 0 Å². The Labute approximate surface area is 196 Å². The van der Waals surface area contributed by atoms with Crippen molar-refractivity contribution in [1.82, 2.24) is 15.0 Å². The molecule has 168 valence electrons. The fourth-order valence-corrected chi connectivity index (χ4v) is 3.74. The summed E-state index contributed by atoms with van der Waals surface area (Å²) in [6.45, 7) is 6.29. The summed E-state index contributed by atoms with van der Waals surface area (Å²) in [5, 5.41) is 6.67. The van der Waals surface area contributed by atoms with Crippen LogP contribution in [0.3, 0.4) is 0 Å². The molecule has 0 aliphatic heterocycles. The molecule has 5 heteroatoms. The summed E-state index contributed by atoms with van der Waals surface area (Å²) in [4.78, 5) is 14.0. The number of benzene rings is 3. The summed E-state index contributed by atoms with van der Waals surface area (Å²) >= 11 is 0. The Balaban J connectivity index is 1.48. The number of nitrogens with one attached hydrogen (secondary N) is 2. The molecule has 0 atom stereocenters. The molecule has 2 N–H and O–H groups in total. The van der Waals surface area contributed by atoms with Gasteiger partial charge in [-0.2, -0.15) is 15.0 Å². The van der Waals surface area contributed by atoms with Crippen molar-refractivity contribution in [3.63, 3.8) is 0 Å². The van der Waals surface area contributed by atoms with E-state index in [1.807, 2.05) is 24.3 Å². The van der Waals surface area contributed by atoms with E-state index < -0.39 is 0 Å². The van der Waals surface area contributed by atoms with E-state index in [0.29, 0.717) is 11.9 Å². The van der Waals surface area contributed by atoms with Crippen LogP contribution in [0.1, 0.15) is 40.9 Å². The third kappa shape index (κ3) is 6.88. The van der Waals surface area contributed by atoms with Gasteiger partial charge in [-0.1, -0.05) is 59.7 Å². The minimum atomic E-state index is 0.553. The first kappa shape index (κ1) is 22.5. The second-order valence-corrected chi connectivity index (χ2v) is 8.58. The molecule has 1 heterocycles. The zero-order chi connectivity index (χ0) is 23.0. The molecule has 5 nitrogen and oxygen atoms in total. The minimum absolute atomic E-state index is 0.553. The monoisotopic (exact) mass is 437 g/mol. The Morgan fingerprint density at radius 3 is 1.91 bits per heavy atom. The molecule has 0 bridgehead atoms. The van der Waals surface area contributed by atoms with E-state index in [-0.39, 0.29) is 0 Å². The molecule has 1 aromatic heterocycles. The number of aromatic nitrogens is 3. The summed E-state index contributed by atoms with van der Waals surface area (Å²) in [5.74, 6) is 1.90. The van der Waals surface area contributed by atoms with Crippen LogP contribution >= 0.6 is 0 Å². The molecule has 0 aliphatic carbocycles. The van der Waals surface area contributed by atoms with Crippen molar-refractivity contribution in [1.29, 1.82) is 0 Å². The van der Waals surface area contributed by atoms with Crippen LogP contribution in [0.4, 0.5) is 23.3 Å². The van der Waals surface area contributed by atoms with Gasteiger partial charge in [0.2, 0.25) is 11.9 Å². The van der Waals surface area contributed by atoms with Crippen LogP contribution in [-0.2, 0) is 12.8 Å². The van der Waals surface area contributed by atoms with Gasteiger partial charge in [0, 0.05) is 17.8 Å². The lowest BCUT2D eigenvalue weighted by Gasteiger charge is -2.11. The molecule has 0 aliphatic rings. The first-order chi connectivity index (χ1) is 16.0. The molecule has 0 amide bonds. The molecule has 33 heavy (non-hydrogen) atoms. The lowest BCUT2D eigenvalue weighted by molar-refractivity contribution is 0.705. The second-order valence-electron chi connectivity index (χ2n) is 8.58. The van der Waals surface area contributed by atoms with Crippen molar-refractivity contribution in [2.75, 3.05) is 10.6 Å². The van der Waals surface area contributed by atoms with Crippen LogP contribution in [0.5, 0.6) is 0 Å². The fraction of sp³-hybridized carbons (Fsp3) is 0.250. The molecule has 4 rings (SSSR count). The number of hydrogen-bond acceptors (Lipinski definition) is 5. The van der Waals surface area contributed by atoms with Crippen molar-refractivity contribution in [3.05, 3.63) is 101 Å². The third-order valence-electron chi connectivity index (χ3n) is 5.46. The van der Waals surface area contributed by atoms with Crippen LogP contribution in [-0.4, -0.2) is 15.0 Å². The number of aryl methyl sites for hydroxylation is 5. The van der Waals surface area contributed by atoms with Gasteiger partial charge in [-0.05, 0) is 75.4 Å². The summed E-state index contributed by atoms with van der Waals surface area (Å²) < 4.78 is 0. The van der Waals surface area contributed by atoms with Gasteiger partial charge >= 0.3 is 0 Å². The summed E-state index contributed by atoms with van der Waals surface area (Å²) in [7, 11) is 0. The largest absolute Gasteiger partial charge is 0.324 e. The highest BCUT2D eigenvalue weighted by atomic mass is 15.2. The fourth-order valence-electron chi connectivity index (χ4n) is 3.74. The Hall–Kier alpha value is -3.73. The van der Waals surface area contributed by atoms with E-state index in [2.05, 4.69) is 84.9 Å². The third-order valence-corrected chi connectivity index (χ3v) is 5.46. The zero-order valence-electron chi connectivity index (χ0n) is 19.6. The maximum Gasteiger partial charge on any atom is 0.232 e. The molecule has 0 saturated carbocycles. The van der Waals surface area contributed by atoms with Gasteiger partial charge in [-0.15, -0.1) is 0 Å². The zero-order valence-corrected chi connectivity index (χ0v) is 19.6. The van der Waals surface area contributed by atoms with Crippen molar-refractivity contribution in [2.45, 2.75) is 46.5 Å². The summed E-state index contributed by atoms with van der Waals surface area (Å²) in [6.07, 6.45) is 3.98. The van der Waals surface area contributed by atoms with Crippen LogP contribution in [0.2, 0.25) is 0 Å². The van der Waals surface area contributed by atoms with Gasteiger partial charge < -0.3 is 10.6 Å². The van der Waals surface area contributed by atoms with E-state index in [1.165, 1.54) is 22.3 Å². The highest BCUT2D eigenvalue weighted by molar-refractivity contribution is 5.58. The normalized spacial score (nSPS) is 10.8. The van der Waals surface area contributed by atoms with E-state index in [0.717, 1.165) is 42.9 Å². The lowest BCUT2D eigenvalue weighted by Crippen LogP contribution is -2.08. The number of anilines is 4. The highest BCUT2D eigenvalue weighted by Crippen LogP contribution is 2.19. The molecule has 0 spiro atoms. The highest BCUT2D eigenvalue weighted by Gasteiger charge is 2.08. The molecule has 0 saturated heterocycles. The van der Waals surface area contributed by atoms with Gasteiger partial charge in [0.1, 0.15) is 5.82 Å². The van der Waals surface area contributed by atoms with Crippen molar-refractivity contribution >= 4 is 23.3 Å². The minimum Gasteiger partial charge on any atom is -0.324 e. The molecule has 0 radical (unpaired) electrons. The quantitative estimate of drug-likeness (QED) is 0.280. The SMILES string of the molecule is Cc1ccc(Nc2nc(CCCCc3cccc(C)c3)nc(Nc3cccc(C)c3)n2)cc1. The first-order valence-corrected chi connectivity index (χ1v) is 11.5. The maximum atomic E-state index is 4.70. The number of rotatable bonds is 9. The molecular formula is C28H31N5. The van der Waals surface area contributed by atoms with E-state index in [9.17, 15) is 0 Å². The van der Waals surface area contributed by atoms with Gasteiger partial charge in [-0.25, -0.2) is 0 Å². The standard InChI is InChI=1S/C28H31N5/c1-20-14-16-24(17-15-20)29-27-31-26(13-5-4-10-23-11-6-8-21(2)18-23)32-28(33-27)30-25-12-7-9-22(3)19-25/h6-9,11-12,14-19H,4-5,10,13H2,1-3H3,(H2,29,30,31,32,33). The Morgan fingerprint density at radius 1 is 0.576 bits per heavy atom. The van der Waals surface area contributed by atoms with Crippen LogP contribution < -0.4 is 10.6 Å². The topological polar surface area (TPSA) is 62.7 Å². The predicted octanol–water partition coefficient (Wildman–Crippen LogP) is 6.85. The molecule has 3 aromatic carbocycles. The van der Waals surface area contributed by atoms with Crippen molar-refractivity contribution in [2.24, 2.45) is 0 Å². The van der Waals surface area contributed by atoms with Gasteiger partial charge in [0.25, 0.3) is 0 Å². The van der Waals surface area contributed by atoms with Crippen molar-refractivity contribution < 1.29 is 0 Å². The lowest BCUT2D eigenvalue weighted by atomic mass is 10.0. The predicted molar refractivity (Wildman–Crippen MR) is 137 cm³/mol. The number of unbranched alkanes of at least 4 members (excludes halogenated alkanes) is 1. The Bertz CT molecular complexity index is 1200. The number of hydrogen-bond donors (Lipinski definition) is 2. The summed E-state index contributed by atoms with van der Waals surface area (Å²) in [5.41, 5.74) is 7.01. The molecular weight excluding hydrogens is 406 g/mol. The van der Waals surface area contributed by atoms with Gasteiger partial charge in [-0.3, -0.25) is 0 Å². The van der Waals surface area contributed by atoms with E-state index in [4.69, 9.17) is 9.97 Å². The molecule has 0 unspecified atom stereocenters. The second kappa shape index (κ2) is 10.7. The first-order valence-electron chi connectivity index (χ1n) is 11.5. The van der Waals surface area contributed by atoms with Gasteiger partial charge in [0.05, 0.1) is 0 Å². The Kier molecular flexibility index (Phi) is 7.30. The average molecular weight is 438 g/mol. The van der Waals surface area contributed by atoms with E-state index >= 15 is 0 Å². The van der Waals surface area contributed by atoms with Crippen LogP contribution in [0.15, 0.2) is 72.8 Å². The smallest absolute Gasteiger partial charge is 0.232 e. The maximum absolute atomic E-state index is 4.70. The van der Waals surface area contributed by atoms with Crippen LogP contribution in [0, 0.1) is 20.8 Å². The average Bonchev–Trinajstić information content (AvgIpc) is 2.78. The summed E-state index contributed by atoms with van der Waals surface area (Å²) in [6, 6.07) is 25.1. The molecule has 0 fully saturated rings. The van der Waals surface area contributed by atoms with E-state index in [1.54, 1.807) is 0 Å². The van der Waals surface area contributed by atoms with Crippen molar-refractivity contribution in [3.8, 4) is 0 Å².